The van der Waals surface area contributed by atoms with Crippen LogP contribution in [0.4, 0.5) is 0 Å². The van der Waals surface area contributed by atoms with Crippen molar-refractivity contribution in [1.29, 1.82) is 0 Å². The van der Waals surface area contributed by atoms with E-state index >= 15 is 0 Å². The molecule has 1 N–H and O–H groups in total. The summed E-state index contributed by atoms with van der Waals surface area (Å²) < 4.78 is 0. The molecule has 4 nitrogen and oxygen atoms in total. The first-order valence-electron chi connectivity index (χ1n) is 7.41. The molecule has 1 unspecified atom stereocenters. The van der Waals surface area contributed by atoms with Gasteiger partial charge in [-0.2, -0.15) is 0 Å². The van der Waals surface area contributed by atoms with Gasteiger partial charge >= 0.3 is 0 Å². The number of rotatable bonds is 1. The van der Waals surface area contributed by atoms with Crippen LogP contribution < -0.4 is 0 Å². The summed E-state index contributed by atoms with van der Waals surface area (Å²) in [6, 6.07) is 0. The van der Waals surface area contributed by atoms with E-state index in [1.807, 2.05) is 12.8 Å². The van der Waals surface area contributed by atoms with Gasteiger partial charge in [0.15, 0.2) is 5.78 Å². The number of hydrogen-bond acceptors (Lipinski definition) is 4. The van der Waals surface area contributed by atoms with Crippen LogP contribution in [0.3, 0.4) is 0 Å². The summed E-state index contributed by atoms with van der Waals surface area (Å²) in [5.74, 6) is 3.86. The highest BCUT2D eigenvalue weighted by Crippen LogP contribution is 1.94. The van der Waals surface area contributed by atoms with Gasteiger partial charge in [-0.3, -0.25) is 9.59 Å². The van der Waals surface area contributed by atoms with E-state index in [0.717, 1.165) is 6.29 Å². The number of terminal acetylenes is 3. The first kappa shape index (κ1) is 50.1. The third-order valence-electron chi connectivity index (χ3n) is 1.28. The summed E-state index contributed by atoms with van der Waals surface area (Å²) in [7, 11) is -1.10. The van der Waals surface area contributed by atoms with Gasteiger partial charge in [0.2, 0.25) is 5.78 Å². The second-order valence-electron chi connectivity index (χ2n) is 5.28. The summed E-state index contributed by atoms with van der Waals surface area (Å²) in [5.41, 5.74) is 2.74. The number of carbonyl (C=O) groups excluding carboxylic acids is 3. The second kappa shape index (κ2) is 39.9. The fourth-order valence-electron chi connectivity index (χ4n) is 0.235. The monoisotopic (exact) mass is 428 g/mol. The highest BCUT2D eigenvalue weighted by molar-refractivity contribution is 7.37. The molecule has 0 bridgehead atoms. The fraction of sp³-hybridized carbons (Fsp3) is 0.500. The summed E-state index contributed by atoms with van der Waals surface area (Å²) in [5, 5.41) is 8.12. The molecule has 1 atom stereocenters. The Balaban J connectivity index is -0.0000000294. The average Bonchev–Trinajstić information content (AvgIpc) is 2.49. The Hall–Kier alpha value is -2.04. The van der Waals surface area contributed by atoms with Crippen LogP contribution in [-0.2, 0) is 27.9 Å². The number of allylic oxidation sites excluding steroid dienone is 2. The van der Waals surface area contributed by atoms with Gasteiger partial charge in [-0.15, -0.1) is 24.8 Å². The lowest BCUT2D eigenvalue weighted by atomic mass is 10.4. The maximum Gasteiger partial charge on any atom is 0.202 e. The van der Waals surface area contributed by atoms with Gasteiger partial charge < -0.3 is 23.4 Å². The number of aliphatic hydroxyl groups excluding tert-OH is 1. The van der Waals surface area contributed by atoms with Crippen molar-refractivity contribution >= 4 is 39.4 Å². The minimum Gasteiger partial charge on any atom is -2.00 e. The number of Topliss-reactive ketones (excluding diaryl/α,β-unsaturated/α-hetero) is 1. The molecule has 6 heteroatoms. The lowest BCUT2D eigenvalue weighted by Crippen LogP contribution is -2.15. The SMILES string of the molecule is C.C.C#CC(C)=O.C#CC(C)O.C#C[Si](C)(C)C.C/C=C/C(C)=O.CC=O.[S-2]. The summed E-state index contributed by atoms with van der Waals surface area (Å²) >= 11 is 0. The molecule has 0 spiro atoms. The summed E-state index contributed by atoms with van der Waals surface area (Å²) in [4.78, 5) is 28.3. The molecule has 0 aliphatic rings. The molecule has 0 saturated heterocycles. The van der Waals surface area contributed by atoms with Crippen LogP contribution in [0, 0.1) is 36.7 Å². The molecule has 0 aliphatic heterocycles. The summed E-state index contributed by atoms with van der Waals surface area (Å²) in [6.07, 6.45) is 17.8. The minimum atomic E-state index is -1.10. The molecule has 0 aromatic rings. The first-order chi connectivity index (χ1) is 11.3. The van der Waals surface area contributed by atoms with Gasteiger partial charge in [0.1, 0.15) is 20.5 Å². The number of aliphatic hydroxyl groups is 1. The molecule has 0 heterocycles. The lowest BCUT2D eigenvalue weighted by Gasteiger charge is -2.00. The Morgan fingerprint density at radius 2 is 1.25 bits per heavy atom. The molecule has 164 valence electrons. The average molecular weight is 429 g/mol. The second-order valence-corrected chi connectivity index (χ2v) is 10.1. The van der Waals surface area contributed by atoms with Crippen molar-refractivity contribution in [3.63, 3.8) is 0 Å². The largest absolute Gasteiger partial charge is 2.00 e. The van der Waals surface area contributed by atoms with E-state index in [0.29, 0.717) is 0 Å². The number of carbonyl (C=O) groups is 3. The van der Waals surface area contributed by atoms with E-state index in [1.54, 1.807) is 13.0 Å². The van der Waals surface area contributed by atoms with Gasteiger partial charge in [-0.25, -0.2) is 0 Å². The van der Waals surface area contributed by atoms with E-state index in [2.05, 4.69) is 44.0 Å². The van der Waals surface area contributed by atoms with Crippen molar-refractivity contribution in [2.45, 2.75) is 75.2 Å². The van der Waals surface area contributed by atoms with E-state index in [-0.39, 0.29) is 39.9 Å². The Kier molecular flexibility index (Phi) is 71.4. The van der Waals surface area contributed by atoms with Crippen molar-refractivity contribution in [1.82, 2.24) is 0 Å². The van der Waals surface area contributed by atoms with Crippen LogP contribution >= 0.6 is 0 Å². The van der Waals surface area contributed by atoms with Gasteiger partial charge in [0, 0.05) is 6.92 Å². The number of aldehydes is 1. The van der Waals surface area contributed by atoms with Crippen molar-refractivity contribution in [3.8, 4) is 36.7 Å². The third kappa shape index (κ3) is 199. The molecule has 0 aliphatic carbocycles. The topological polar surface area (TPSA) is 71.4 Å². The number of hydrogen-bond donors (Lipinski definition) is 1. The standard InChI is InChI=1S/C5H8O.C5H10Si.C4H6O.C4H4O.C2H4O.2CH4.S/c1-3-4-5(2)6;1-5-6(2,3)4;2*1-3-4(2)5;1-2-3;;;/h3-4H,1-2H3;1H,2-4H3;1,4-5H,2H3;1H,2H3;2H,1H3;2*1H4;/q;;;;;;;-2/b4-3+;;;;;;;. The van der Waals surface area contributed by atoms with Crippen molar-refractivity contribution in [2.24, 2.45) is 0 Å². The zero-order valence-corrected chi connectivity index (χ0v) is 18.9. The molecule has 28 heavy (non-hydrogen) atoms. The molecular formula is C22H40O4SSi-2. The van der Waals surface area contributed by atoms with Crippen molar-refractivity contribution < 1.29 is 19.5 Å². The molecule has 0 saturated carbocycles. The minimum absolute atomic E-state index is 0. The lowest BCUT2D eigenvalue weighted by molar-refractivity contribution is -0.113. The molecule has 0 aromatic heterocycles. The predicted octanol–water partition coefficient (Wildman–Crippen LogP) is 4.33. The smallest absolute Gasteiger partial charge is 0.202 e. The molecular weight excluding hydrogens is 388 g/mol. The fourth-order valence-corrected chi connectivity index (χ4v) is 0.235. The van der Waals surface area contributed by atoms with E-state index in [4.69, 9.17) is 16.3 Å². The Morgan fingerprint density at radius 3 is 1.25 bits per heavy atom. The first-order valence-corrected chi connectivity index (χ1v) is 10.9. The highest BCUT2D eigenvalue weighted by atomic mass is 32.1. The van der Waals surface area contributed by atoms with Gasteiger partial charge in [0.05, 0.1) is 0 Å². The van der Waals surface area contributed by atoms with Crippen LogP contribution in [0.25, 0.3) is 0 Å². The molecule has 0 fully saturated rings. The van der Waals surface area contributed by atoms with E-state index in [9.17, 15) is 9.59 Å². The van der Waals surface area contributed by atoms with Crippen LogP contribution in [0.2, 0.25) is 19.6 Å². The highest BCUT2D eigenvalue weighted by Gasteiger charge is 2.05. The Labute approximate surface area is 183 Å². The van der Waals surface area contributed by atoms with E-state index in [1.165, 1.54) is 26.8 Å². The quantitative estimate of drug-likeness (QED) is 0.222. The summed E-state index contributed by atoms with van der Waals surface area (Å²) in [6.45, 7) is 14.1. The normalized spacial score (nSPS) is 8.07. The van der Waals surface area contributed by atoms with Crippen molar-refractivity contribution in [2.75, 3.05) is 0 Å². The zero-order valence-electron chi connectivity index (χ0n) is 17.1. The molecule has 0 amide bonds. The molecule has 0 radical (unpaired) electrons. The zero-order chi connectivity index (χ0) is 21.5. The maximum absolute atomic E-state index is 9.96. The third-order valence-corrected chi connectivity index (χ3v) is 2.14. The van der Waals surface area contributed by atoms with E-state index < -0.39 is 14.2 Å². The maximum atomic E-state index is 9.96. The Bertz CT molecular complexity index is 497. The molecule has 0 rings (SSSR count). The number of ketones is 2. The predicted molar refractivity (Wildman–Crippen MR) is 130 cm³/mol. The van der Waals surface area contributed by atoms with Gasteiger partial charge in [-0.1, -0.05) is 46.5 Å². The van der Waals surface area contributed by atoms with Crippen LogP contribution in [0.1, 0.15) is 49.5 Å². The van der Waals surface area contributed by atoms with Gasteiger partial charge in [-0.05, 0) is 39.7 Å². The van der Waals surface area contributed by atoms with Crippen LogP contribution in [0.15, 0.2) is 12.2 Å². The Morgan fingerprint density at radius 1 is 1.04 bits per heavy atom. The van der Waals surface area contributed by atoms with Crippen LogP contribution in [-0.4, -0.2) is 37.1 Å². The van der Waals surface area contributed by atoms with Crippen LogP contribution in [0.5, 0.6) is 0 Å². The van der Waals surface area contributed by atoms with Gasteiger partial charge in [0.25, 0.3) is 0 Å². The molecule has 0 aromatic carbocycles. The van der Waals surface area contributed by atoms with Crippen molar-refractivity contribution in [3.05, 3.63) is 12.2 Å².